The number of amidine groups is 1. The SMILES string of the molecule is CCc1ccc(NC(=O)C[C@@H]2SC(N)=NC2=O)cc1. The van der Waals surface area contributed by atoms with Crippen molar-refractivity contribution in [2.45, 2.75) is 25.0 Å². The van der Waals surface area contributed by atoms with E-state index in [1.807, 2.05) is 24.3 Å². The normalized spacial score (nSPS) is 18.3. The van der Waals surface area contributed by atoms with E-state index in [1.165, 1.54) is 5.56 Å². The van der Waals surface area contributed by atoms with Crippen LogP contribution in [0.2, 0.25) is 0 Å². The molecule has 19 heavy (non-hydrogen) atoms. The lowest BCUT2D eigenvalue weighted by atomic mass is 10.1. The number of nitrogens with zero attached hydrogens (tertiary/aromatic N) is 1. The van der Waals surface area contributed by atoms with Crippen LogP contribution in [0.4, 0.5) is 5.69 Å². The molecule has 6 heteroatoms. The lowest BCUT2D eigenvalue weighted by Gasteiger charge is -2.08. The molecule has 1 aromatic carbocycles. The number of nitrogens with two attached hydrogens (primary N) is 1. The molecule has 2 amide bonds. The fourth-order valence-electron chi connectivity index (χ4n) is 1.74. The zero-order chi connectivity index (χ0) is 13.8. The molecule has 0 radical (unpaired) electrons. The van der Waals surface area contributed by atoms with Gasteiger partial charge in [-0.2, -0.15) is 4.99 Å². The molecule has 100 valence electrons. The molecule has 0 saturated heterocycles. The number of hydrogen-bond donors (Lipinski definition) is 2. The van der Waals surface area contributed by atoms with Gasteiger partial charge >= 0.3 is 0 Å². The summed E-state index contributed by atoms with van der Waals surface area (Å²) in [6, 6.07) is 7.63. The third-order valence-electron chi connectivity index (χ3n) is 2.78. The van der Waals surface area contributed by atoms with Crippen LogP contribution in [0.3, 0.4) is 0 Å². The Hall–Kier alpha value is -1.82. The molecule has 1 aliphatic rings. The number of hydrogen-bond acceptors (Lipinski definition) is 4. The second-order valence-corrected chi connectivity index (χ2v) is 5.42. The van der Waals surface area contributed by atoms with Crippen LogP contribution in [0.5, 0.6) is 0 Å². The number of aryl methyl sites for hydroxylation is 1. The summed E-state index contributed by atoms with van der Waals surface area (Å²) < 4.78 is 0. The molecule has 1 aliphatic heterocycles. The minimum absolute atomic E-state index is 0.0865. The predicted octanol–water partition coefficient (Wildman–Crippen LogP) is 1.53. The second-order valence-electron chi connectivity index (χ2n) is 4.20. The Morgan fingerprint density at radius 2 is 2.11 bits per heavy atom. The molecule has 0 spiro atoms. The van der Waals surface area contributed by atoms with E-state index in [0.29, 0.717) is 0 Å². The number of nitrogens with one attached hydrogen (secondary N) is 1. The van der Waals surface area contributed by atoms with Gasteiger partial charge in [0.1, 0.15) is 5.25 Å². The van der Waals surface area contributed by atoms with Gasteiger partial charge in [0.25, 0.3) is 5.91 Å². The van der Waals surface area contributed by atoms with Crippen LogP contribution in [0.25, 0.3) is 0 Å². The van der Waals surface area contributed by atoms with Crippen molar-refractivity contribution in [3.05, 3.63) is 29.8 Å². The van der Waals surface area contributed by atoms with E-state index < -0.39 is 5.25 Å². The van der Waals surface area contributed by atoms with Crippen molar-refractivity contribution in [2.75, 3.05) is 5.32 Å². The molecule has 0 unspecified atom stereocenters. The van der Waals surface area contributed by atoms with Gasteiger partial charge < -0.3 is 11.1 Å². The fraction of sp³-hybridized carbons (Fsp3) is 0.308. The Morgan fingerprint density at radius 1 is 1.42 bits per heavy atom. The maximum Gasteiger partial charge on any atom is 0.262 e. The van der Waals surface area contributed by atoms with Gasteiger partial charge in [-0.15, -0.1) is 0 Å². The smallest absolute Gasteiger partial charge is 0.262 e. The summed E-state index contributed by atoms with van der Waals surface area (Å²) >= 11 is 1.14. The molecule has 0 saturated carbocycles. The molecule has 5 nitrogen and oxygen atoms in total. The Balaban J connectivity index is 1.89. The van der Waals surface area contributed by atoms with Crippen LogP contribution in [0.1, 0.15) is 18.9 Å². The average Bonchev–Trinajstić information content (AvgIpc) is 2.68. The maximum absolute atomic E-state index is 11.8. The summed E-state index contributed by atoms with van der Waals surface area (Å²) in [5, 5.41) is 2.50. The number of rotatable bonds is 4. The van der Waals surface area contributed by atoms with E-state index in [4.69, 9.17) is 5.73 Å². The second kappa shape index (κ2) is 5.88. The number of anilines is 1. The van der Waals surface area contributed by atoms with Gasteiger partial charge in [0.05, 0.1) is 0 Å². The number of benzene rings is 1. The topological polar surface area (TPSA) is 84.6 Å². The predicted molar refractivity (Wildman–Crippen MR) is 77.1 cm³/mol. The van der Waals surface area contributed by atoms with Crippen LogP contribution in [0.15, 0.2) is 29.3 Å². The summed E-state index contributed by atoms with van der Waals surface area (Å²) in [6.07, 6.45) is 1.04. The quantitative estimate of drug-likeness (QED) is 0.874. The molecule has 0 aromatic heterocycles. The molecular weight excluding hydrogens is 262 g/mol. The fourth-order valence-corrected chi connectivity index (χ4v) is 2.56. The Kier molecular flexibility index (Phi) is 4.21. The van der Waals surface area contributed by atoms with Crippen LogP contribution < -0.4 is 11.1 Å². The van der Waals surface area contributed by atoms with E-state index in [-0.39, 0.29) is 23.4 Å². The Morgan fingerprint density at radius 3 is 2.63 bits per heavy atom. The lowest BCUT2D eigenvalue weighted by molar-refractivity contribution is -0.121. The highest BCUT2D eigenvalue weighted by atomic mass is 32.2. The standard InChI is InChI=1S/C13H15N3O2S/c1-2-8-3-5-9(6-4-8)15-11(17)7-10-12(18)16-13(14)19-10/h3-6,10H,2,7H2,1H3,(H,15,17)(H2,14,16,18)/t10-/m0/s1. The van der Waals surface area contributed by atoms with Gasteiger partial charge in [-0.05, 0) is 24.1 Å². The van der Waals surface area contributed by atoms with E-state index in [0.717, 1.165) is 23.9 Å². The van der Waals surface area contributed by atoms with Crippen LogP contribution in [0, 0.1) is 0 Å². The molecule has 0 aliphatic carbocycles. The van der Waals surface area contributed by atoms with Crippen molar-refractivity contribution in [3.8, 4) is 0 Å². The maximum atomic E-state index is 11.8. The monoisotopic (exact) mass is 277 g/mol. The van der Waals surface area contributed by atoms with Gasteiger partial charge in [-0.25, -0.2) is 0 Å². The molecule has 1 heterocycles. The van der Waals surface area contributed by atoms with Crippen molar-refractivity contribution in [1.29, 1.82) is 0 Å². The third kappa shape index (κ3) is 3.57. The van der Waals surface area contributed by atoms with Gasteiger partial charge in [0.2, 0.25) is 5.91 Å². The molecule has 1 atom stereocenters. The van der Waals surface area contributed by atoms with Gasteiger partial charge in [-0.1, -0.05) is 30.8 Å². The molecule has 0 bridgehead atoms. The van der Waals surface area contributed by atoms with Crippen molar-refractivity contribution in [2.24, 2.45) is 10.7 Å². The van der Waals surface area contributed by atoms with E-state index in [2.05, 4.69) is 17.2 Å². The Bertz CT molecular complexity index is 525. The number of aliphatic imine (C=N–C) groups is 1. The highest BCUT2D eigenvalue weighted by molar-refractivity contribution is 8.15. The van der Waals surface area contributed by atoms with Gasteiger partial charge in [-0.3, -0.25) is 9.59 Å². The largest absolute Gasteiger partial charge is 0.378 e. The average molecular weight is 277 g/mol. The first-order chi connectivity index (χ1) is 9.08. The van der Waals surface area contributed by atoms with Gasteiger partial charge in [0, 0.05) is 12.1 Å². The van der Waals surface area contributed by atoms with Crippen LogP contribution >= 0.6 is 11.8 Å². The summed E-state index contributed by atoms with van der Waals surface area (Å²) in [5.74, 6) is -0.543. The summed E-state index contributed by atoms with van der Waals surface area (Å²) in [5.41, 5.74) is 7.37. The lowest BCUT2D eigenvalue weighted by Crippen LogP contribution is -2.21. The van der Waals surface area contributed by atoms with Crippen LogP contribution in [-0.2, 0) is 16.0 Å². The first-order valence-electron chi connectivity index (χ1n) is 6.02. The third-order valence-corrected chi connectivity index (χ3v) is 3.76. The highest BCUT2D eigenvalue weighted by Gasteiger charge is 2.29. The number of carbonyl (C=O) groups is 2. The molecule has 1 aromatic rings. The van der Waals surface area contributed by atoms with Gasteiger partial charge in [0.15, 0.2) is 5.17 Å². The number of amides is 2. The molecule has 2 rings (SSSR count). The minimum Gasteiger partial charge on any atom is -0.378 e. The van der Waals surface area contributed by atoms with Crippen molar-refractivity contribution >= 4 is 34.4 Å². The molecule has 0 fully saturated rings. The summed E-state index contributed by atoms with van der Waals surface area (Å²) in [7, 11) is 0. The van der Waals surface area contributed by atoms with E-state index >= 15 is 0 Å². The zero-order valence-corrected chi connectivity index (χ0v) is 11.4. The van der Waals surface area contributed by atoms with E-state index in [1.54, 1.807) is 0 Å². The van der Waals surface area contributed by atoms with Crippen LogP contribution in [-0.4, -0.2) is 22.2 Å². The van der Waals surface area contributed by atoms with Crippen molar-refractivity contribution in [1.82, 2.24) is 0 Å². The van der Waals surface area contributed by atoms with Crippen molar-refractivity contribution < 1.29 is 9.59 Å². The van der Waals surface area contributed by atoms with E-state index in [9.17, 15) is 9.59 Å². The molecular formula is C13H15N3O2S. The summed E-state index contributed by atoms with van der Waals surface area (Å²) in [6.45, 7) is 2.07. The Labute approximate surface area is 115 Å². The number of thioether (sulfide) groups is 1. The highest BCUT2D eigenvalue weighted by Crippen LogP contribution is 2.23. The first kappa shape index (κ1) is 13.6. The minimum atomic E-state index is -0.491. The summed E-state index contributed by atoms with van der Waals surface area (Å²) in [4.78, 5) is 26.8. The first-order valence-corrected chi connectivity index (χ1v) is 6.90. The zero-order valence-electron chi connectivity index (χ0n) is 10.6. The van der Waals surface area contributed by atoms with Crippen molar-refractivity contribution in [3.63, 3.8) is 0 Å². The number of carbonyl (C=O) groups excluding carboxylic acids is 2. The molecule has 3 N–H and O–H groups in total.